The molecule has 8 nitrogen and oxygen atoms in total. The van der Waals surface area contributed by atoms with Gasteiger partial charge in [0.2, 0.25) is 0 Å². The molecule has 4 aromatic rings. The summed E-state index contributed by atoms with van der Waals surface area (Å²) in [5, 5.41) is 7.78. The number of halogens is 2. The maximum Gasteiger partial charge on any atom is 0.252 e. The van der Waals surface area contributed by atoms with Crippen molar-refractivity contribution in [2.24, 2.45) is 7.05 Å². The molecule has 2 atom stereocenters. The largest absolute Gasteiger partial charge is 0.398 e. The quantitative estimate of drug-likeness (QED) is 0.475. The number of anilines is 1. The monoisotopic (exact) mass is 439 g/mol. The van der Waals surface area contributed by atoms with E-state index in [0.29, 0.717) is 17.8 Å². The van der Waals surface area contributed by atoms with E-state index in [1.54, 1.807) is 28.7 Å². The zero-order valence-electron chi connectivity index (χ0n) is 16.8. The lowest BCUT2D eigenvalue weighted by Crippen LogP contribution is -2.24. The van der Waals surface area contributed by atoms with Gasteiger partial charge in [0.15, 0.2) is 5.82 Å². The van der Waals surface area contributed by atoms with E-state index < -0.39 is 5.82 Å². The van der Waals surface area contributed by atoms with Gasteiger partial charge in [-0.2, -0.15) is 0 Å². The summed E-state index contributed by atoms with van der Waals surface area (Å²) in [6, 6.07) is 5.89. The van der Waals surface area contributed by atoms with Crippen LogP contribution in [-0.4, -0.2) is 29.5 Å². The number of fused-ring (bicyclic) bond motifs is 1. The van der Waals surface area contributed by atoms with Crippen LogP contribution in [0.4, 0.5) is 10.1 Å². The molecule has 5 rings (SSSR count). The Bertz CT molecular complexity index is 1370. The molecule has 158 valence electrons. The van der Waals surface area contributed by atoms with E-state index >= 15 is 0 Å². The average Bonchev–Trinajstić information content (AvgIpc) is 3.44. The summed E-state index contributed by atoms with van der Waals surface area (Å²) in [6.45, 7) is 2.03. The Balaban J connectivity index is 1.60. The molecule has 10 heteroatoms. The lowest BCUT2D eigenvalue weighted by Gasteiger charge is -2.15. The molecule has 0 aliphatic carbocycles. The third-order valence-electron chi connectivity index (χ3n) is 5.81. The van der Waals surface area contributed by atoms with Gasteiger partial charge in [-0.3, -0.25) is 4.79 Å². The SMILES string of the molecule is C[C@@H]1C[C@H](c2ncc(-c3cnnn3C)[nH]2)n2c1cc(-c1c(N)ccc(Cl)c1F)cc2=O. The summed E-state index contributed by atoms with van der Waals surface area (Å²) in [4.78, 5) is 20.9. The number of imidazole rings is 1. The first-order valence-electron chi connectivity index (χ1n) is 9.75. The maximum atomic E-state index is 14.7. The summed E-state index contributed by atoms with van der Waals surface area (Å²) < 4.78 is 18.0. The van der Waals surface area contributed by atoms with Gasteiger partial charge in [0.25, 0.3) is 5.56 Å². The van der Waals surface area contributed by atoms with Crippen molar-refractivity contribution in [3.05, 3.63) is 69.4 Å². The maximum absolute atomic E-state index is 14.7. The average molecular weight is 440 g/mol. The first kappa shape index (κ1) is 19.5. The molecular formula is C21H19ClFN7O. The van der Waals surface area contributed by atoms with Crippen LogP contribution in [0.2, 0.25) is 5.02 Å². The van der Waals surface area contributed by atoms with Gasteiger partial charge in [0.1, 0.15) is 11.5 Å². The van der Waals surface area contributed by atoms with Crippen LogP contribution in [0.3, 0.4) is 0 Å². The molecule has 0 saturated carbocycles. The number of nitrogens with one attached hydrogen (secondary N) is 1. The normalized spacial score (nSPS) is 17.8. The topological polar surface area (TPSA) is 107 Å². The molecule has 0 radical (unpaired) electrons. The highest BCUT2D eigenvalue weighted by Crippen LogP contribution is 2.40. The minimum absolute atomic E-state index is 0.0384. The molecule has 0 saturated heterocycles. The molecule has 3 aromatic heterocycles. The van der Waals surface area contributed by atoms with Crippen LogP contribution in [0.5, 0.6) is 0 Å². The number of H-pyrrole nitrogens is 1. The van der Waals surface area contributed by atoms with Crippen LogP contribution in [0, 0.1) is 5.82 Å². The number of aromatic nitrogens is 6. The van der Waals surface area contributed by atoms with Crippen LogP contribution < -0.4 is 11.3 Å². The lowest BCUT2D eigenvalue weighted by atomic mass is 9.99. The third-order valence-corrected chi connectivity index (χ3v) is 6.10. The first-order valence-corrected chi connectivity index (χ1v) is 10.1. The van der Waals surface area contributed by atoms with Crippen molar-refractivity contribution >= 4 is 17.3 Å². The summed E-state index contributed by atoms with van der Waals surface area (Å²) in [5.41, 5.74) is 8.90. The number of nitrogens with two attached hydrogens (primary N) is 1. The lowest BCUT2D eigenvalue weighted by molar-refractivity contribution is 0.557. The Hall–Kier alpha value is -3.46. The molecule has 0 amide bonds. The molecule has 1 aliphatic rings. The zero-order chi connectivity index (χ0) is 21.9. The van der Waals surface area contributed by atoms with E-state index in [0.717, 1.165) is 17.1 Å². The number of nitrogen functional groups attached to an aromatic ring is 1. The van der Waals surface area contributed by atoms with Gasteiger partial charge in [-0.1, -0.05) is 23.7 Å². The molecule has 0 spiro atoms. The highest BCUT2D eigenvalue weighted by Gasteiger charge is 2.33. The first-order chi connectivity index (χ1) is 14.8. The second-order valence-electron chi connectivity index (χ2n) is 7.78. The van der Waals surface area contributed by atoms with Gasteiger partial charge in [-0.15, -0.1) is 5.10 Å². The van der Waals surface area contributed by atoms with Crippen molar-refractivity contribution in [2.75, 3.05) is 5.73 Å². The van der Waals surface area contributed by atoms with Crippen molar-refractivity contribution in [3.63, 3.8) is 0 Å². The summed E-state index contributed by atoms with van der Waals surface area (Å²) in [7, 11) is 1.79. The van der Waals surface area contributed by atoms with E-state index in [1.165, 1.54) is 18.2 Å². The number of aryl methyl sites for hydroxylation is 1. The van der Waals surface area contributed by atoms with Gasteiger partial charge in [-0.05, 0) is 36.1 Å². The molecule has 0 fully saturated rings. The Morgan fingerprint density at radius 1 is 1.29 bits per heavy atom. The minimum atomic E-state index is -0.631. The fourth-order valence-corrected chi connectivity index (χ4v) is 4.44. The highest BCUT2D eigenvalue weighted by molar-refractivity contribution is 6.31. The van der Waals surface area contributed by atoms with Crippen molar-refractivity contribution in [3.8, 4) is 22.5 Å². The molecule has 31 heavy (non-hydrogen) atoms. The Morgan fingerprint density at radius 2 is 2.10 bits per heavy atom. The highest BCUT2D eigenvalue weighted by atomic mass is 35.5. The molecule has 0 unspecified atom stereocenters. The summed E-state index contributed by atoms with van der Waals surface area (Å²) >= 11 is 5.94. The van der Waals surface area contributed by atoms with Gasteiger partial charge in [0, 0.05) is 30.1 Å². The third kappa shape index (κ3) is 3.04. The second-order valence-corrected chi connectivity index (χ2v) is 8.19. The van der Waals surface area contributed by atoms with Crippen LogP contribution in [0.25, 0.3) is 22.5 Å². The summed E-state index contributed by atoms with van der Waals surface area (Å²) in [5.74, 6) is 0.104. The van der Waals surface area contributed by atoms with Crippen molar-refractivity contribution in [2.45, 2.75) is 25.3 Å². The number of nitrogens with zero attached hydrogens (tertiary/aromatic N) is 5. The Kier molecular flexibility index (Phi) is 4.44. The predicted octanol–water partition coefficient (Wildman–Crippen LogP) is 3.51. The molecular weight excluding hydrogens is 421 g/mol. The Labute approximate surface area is 181 Å². The van der Waals surface area contributed by atoms with Crippen LogP contribution in [-0.2, 0) is 7.05 Å². The van der Waals surface area contributed by atoms with Crippen LogP contribution in [0.15, 0.2) is 41.5 Å². The smallest absolute Gasteiger partial charge is 0.252 e. The van der Waals surface area contributed by atoms with E-state index in [-0.39, 0.29) is 33.8 Å². The second kappa shape index (κ2) is 7.05. The number of aromatic amines is 1. The zero-order valence-corrected chi connectivity index (χ0v) is 17.6. The van der Waals surface area contributed by atoms with E-state index in [2.05, 4.69) is 20.3 Å². The molecule has 4 heterocycles. The van der Waals surface area contributed by atoms with Crippen LogP contribution >= 0.6 is 11.6 Å². The van der Waals surface area contributed by atoms with E-state index in [4.69, 9.17) is 17.3 Å². The van der Waals surface area contributed by atoms with Crippen molar-refractivity contribution in [1.82, 2.24) is 29.5 Å². The fraction of sp³-hybridized carbons (Fsp3) is 0.238. The van der Waals surface area contributed by atoms with Crippen molar-refractivity contribution < 1.29 is 4.39 Å². The van der Waals surface area contributed by atoms with Gasteiger partial charge in [-0.25, -0.2) is 14.1 Å². The molecule has 1 aliphatic heterocycles. The van der Waals surface area contributed by atoms with Gasteiger partial charge >= 0.3 is 0 Å². The minimum Gasteiger partial charge on any atom is -0.398 e. The van der Waals surface area contributed by atoms with Gasteiger partial charge < -0.3 is 15.3 Å². The number of benzene rings is 1. The number of hydrogen-bond donors (Lipinski definition) is 2. The molecule has 3 N–H and O–H groups in total. The van der Waals surface area contributed by atoms with Crippen molar-refractivity contribution in [1.29, 1.82) is 0 Å². The summed E-state index contributed by atoms with van der Waals surface area (Å²) in [6.07, 6.45) is 4.03. The number of hydrogen-bond acceptors (Lipinski definition) is 5. The number of pyridine rings is 1. The van der Waals surface area contributed by atoms with Crippen LogP contribution in [0.1, 0.15) is 36.8 Å². The number of rotatable bonds is 3. The fourth-order valence-electron chi connectivity index (χ4n) is 4.28. The van der Waals surface area contributed by atoms with E-state index in [1.807, 2.05) is 13.0 Å². The molecule has 0 bridgehead atoms. The Morgan fingerprint density at radius 3 is 2.84 bits per heavy atom. The predicted molar refractivity (Wildman–Crippen MR) is 115 cm³/mol. The van der Waals surface area contributed by atoms with E-state index in [9.17, 15) is 9.18 Å². The molecule has 1 aromatic carbocycles. The van der Waals surface area contributed by atoms with Gasteiger partial charge in [0.05, 0.1) is 29.2 Å². The standard InChI is InChI=1S/C21H19ClFN7O/c1-10-5-16(21-25-8-14(27-21)17-9-26-28-29(17)2)30-15(10)6-11(7-18(30)31)19-13(24)4-3-12(22)20(19)23/h3-4,6-10,16H,5,24H2,1-2H3,(H,25,27)/t10-,16-/m1/s1.